The normalized spacial score (nSPS) is 20.7. The number of nitrogens with one attached hydrogen (secondary N) is 2. The molecule has 1 aromatic heterocycles. The van der Waals surface area contributed by atoms with Gasteiger partial charge in [0.05, 0.1) is 11.3 Å². The molecule has 2 aliphatic rings. The fourth-order valence-electron chi connectivity index (χ4n) is 6.20. The van der Waals surface area contributed by atoms with E-state index in [1.54, 1.807) is 18.3 Å². The van der Waals surface area contributed by atoms with Crippen molar-refractivity contribution in [3.05, 3.63) is 89.0 Å². The van der Waals surface area contributed by atoms with E-state index in [4.69, 9.17) is 4.98 Å². The van der Waals surface area contributed by atoms with Crippen molar-refractivity contribution < 1.29 is 9.18 Å². The molecule has 2 aliphatic carbocycles. The fourth-order valence-corrected chi connectivity index (χ4v) is 6.20. The molecule has 2 fully saturated rings. The van der Waals surface area contributed by atoms with E-state index in [0.717, 1.165) is 62.1 Å². The number of hydrogen-bond donors (Lipinski definition) is 2. The molecule has 0 unspecified atom stereocenters. The van der Waals surface area contributed by atoms with E-state index in [9.17, 15) is 9.18 Å². The molecule has 38 heavy (non-hydrogen) atoms. The monoisotopic (exact) mass is 514 g/mol. The third-order valence-electron chi connectivity index (χ3n) is 8.53. The summed E-state index contributed by atoms with van der Waals surface area (Å²) in [6.07, 6.45) is 12.0. The molecular weight excluding hydrogens is 475 g/mol. The lowest BCUT2D eigenvalue weighted by Crippen LogP contribution is -2.32. The predicted octanol–water partition coefficient (Wildman–Crippen LogP) is 6.63. The van der Waals surface area contributed by atoms with Crippen LogP contribution < -0.4 is 10.6 Å². The summed E-state index contributed by atoms with van der Waals surface area (Å²) in [4.78, 5) is 22.9. The summed E-state index contributed by atoms with van der Waals surface area (Å²) >= 11 is 0. The second-order valence-electron chi connectivity index (χ2n) is 11.3. The van der Waals surface area contributed by atoms with Crippen molar-refractivity contribution in [3.63, 3.8) is 0 Å². The van der Waals surface area contributed by atoms with Gasteiger partial charge in [-0.25, -0.2) is 14.4 Å². The third kappa shape index (κ3) is 6.40. The molecule has 200 valence electrons. The number of benzene rings is 2. The zero-order valence-electron chi connectivity index (χ0n) is 22.4. The first-order valence-electron chi connectivity index (χ1n) is 14.2. The van der Waals surface area contributed by atoms with Gasteiger partial charge in [-0.15, -0.1) is 0 Å². The number of carbonyl (C=O) groups excluding carboxylic acids is 1. The van der Waals surface area contributed by atoms with Crippen LogP contribution in [0.5, 0.6) is 0 Å². The van der Waals surface area contributed by atoms with E-state index in [1.807, 2.05) is 30.3 Å². The molecular formula is C32H39FN4O. The number of aromatic nitrogens is 2. The van der Waals surface area contributed by atoms with Crippen LogP contribution in [0.1, 0.15) is 85.5 Å². The highest BCUT2D eigenvalue weighted by molar-refractivity contribution is 5.95. The lowest BCUT2D eigenvalue weighted by Gasteiger charge is -2.31. The van der Waals surface area contributed by atoms with Crippen molar-refractivity contribution in [3.8, 4) is 0 Å². The van der Waals surface area contributed by atoms with Gasteiger partial charge in [-0.2, -0.15) is 0 Å². The lowest BCUT2D eigenvalue weighted by atomic mass is 9.74. The first-order chi connectivity index (χ1) is 18.5. The Morgan fingerprint density at radius 2 is 1.71 bits per heavy atom. The first kappa shape index (κ1) is 26.3. The van der Waals surface area contributed by atoms with Crippen LogP contribution in [0.15, 0.2) is 60.8 Å². The summed E-state index contributed by atoms with van der Waals surface area (Å²) in [5.41, 5.74) is 3.47. The van der Waals surface area contributed by atoms with Gasteiger partial charge in [0.25, 0.3) is 5.91 Å². The smallest absolute Gasteiger partial charge is 0.254 e. The summed E-state index contributed by atoms with van der Waals surface area (Å²) in [6, 6.07) is 17.4. The molecule has 1 amide bonds. The van der Waals surface area contributed by atoms with Crippen LogP contribution in [0.25, 0.3) is 0 Å². The van der Waals surface area contributed by atoms with Crippen LogP contribution in [0.4, 0.5) is 10.3 Å². The maximum atomic E-state index is 13.8. The minimum atomic E-state index is -0.226. The number of carbonyl (C=O) groups is 1. The summed E-state index contributed by atoms with van der Waals surface area (Å²) in [5.74, 6) is 1.01. The Kier molecular flexibility index (Phi) is 8.35. The van der Waals surface area contributed by atoms with Gasteiger partial charge in [0.1, 0.15) is 5.82 Å². The van der Waals surface area contributed by atoms with Gasteiger partial charge in [-0.05, 0) is 74.1 Å². The highest BCUT2D eigenvalue weighted by atomic mass is 19.1. The van der Waals surface area contributed by atoms with E-state index < -0.39 is 0 Å². The van der Waals surface area contributed by atoms with Gasteiger partial charge in [0, 0.05) is 30.6 Å². The summed E-state index contributed by atoms with van der Waals surface area (Å²) in [6.45, 7) is 2.86. The second-order valence-corrected chi connectivity index (χ2v) is 11.3. The van der Waals surface area contributed by atoms with E-state index >= 15 is 0 Å². The highest BCUT2D eigenvalue weighted by Gasteiger charge is 2.37. The standard InChI is InChI=1S/C32H39FN4O/c1-23-9-15-27(16-10-23)36-31-35-22-28(30(38)34-20-17-24-7-3-2-4-8-24)29(37-31)21-32(18-5-6-19-32)25-11-13-26(33)14-12-25/h2-4,7-8,11-14,22-23,27H,5-6,9-10,15-21H2,1H3,(H,34,38)(H,35,36,37). The number of halogens is 1. The average Bonchev–Trinajstić information content (AvgIpc) is 3.40. The Morgan fingerprint density at radius 1 is 1.00 bits per heavy atom. The Labute approximate surface area is 225 Å². The Bertz CT molecular complexity index is 1200. The van der Waals surface area contributed by atoms with Crippen LogP contribution in [-0.4, -0.2) is 28.5 Å². The zero-order valence-corrected chi connectivity index (χ0v) is 22.4. The van der Waals surface area contributed by atoms with Gasteiger partial charge in [0.2, 0.25) is 5.95 Å². The van der Waals surface area contributed by atoms with Crippen LogP contribution >= 0.6 is 0 Å². The van der Waals surface area contributed by atoms with E-state index in [0.29, 0.717) is 30.5 Å². The Hall–Kier alpha value is -3.28. The lowest BCUT2D eigenvalue weighted by molar-refractivity contribution is 0.0952. The maximum absolute atomic E-state index is 13.8. The molecule has 6 heteroatoms. The minimum absolute atomic E-state index is 0.138. The summed E-state index contributed by atoms with van der Waals surface area (Å²) in [7, 11) is 0. The molecule has 5 nitrogen and oxygen atoms in total. The van der Waals surface area contributed by atoms with E-state index in [2.05, 4.69) is 34.7 Å². The van der Waals surface area contributed by atoms with E-state index in [1.165, 1.54) is 18.4 Å². The van der Waals surface area contributed by atoms with Crippen LogP contribution in [0.3, 0.4) is 0 Å². The van der Waals surface area contributed by atoms with Gasteiger partial charge in [-0.1, -0.05) is 62.2 Å². The molecule has 0 bridgehead atoms. The van der Waals surface area contributed by atoms with Crippen LogP contribution in [0, 0.1) is 11.7 Å². The molecule has 0 atom stereocenters. The van der Waals surface area contributed by atoms with Gasteiger partial charge >= 0.3 is 0 Å². The number of hydrogen-bond acceptors (Lipinski definition) is 4. The molecule has 0 saturated heterocycles. The molecule has 3 aromatic rings. The van der Waals surface area contributed by atoms with Crippen LogP contribution in [-0.2, 0) is 18.3 Å². The molecule has 0 radical (unpaired) electrons. The maximum Gasteiger partial charge on any atom is 0.254 e. The zero-order chi connectivity index (χ0) is 26.4. The molecule has 5 rings (SSSR count). The molecule has 2 saturated carbocycles. The number of nitrogens with zero attached hydrogens (tertiary/aromatic N) is 2. The number of rotatable bonds is 9. The number of anilines is 1. The molecule has 1 heterocycles. The van der Waals surface area contributed by atoms with Crippen molar-refractivity contribution in [2.24, 2.45) is 5.92 Å². The van der Waals surface area contributed by atoms with Gasteiger partial charge in [0.15, 0.2) is 0 Å². The average molecular weight is 515 g/mol. The van der Waals surface area contributed by atoms with Crippen molar-refractivity contribution in [2.75, 3.05) is 11.9 Å². The molecule has 2 aromatic carbocycles. The summed E-state index contributed by atoms with van der Waals surface area (Å²) in [5, 5.41) is 6.64. The van der Waals surface area contributed by atoms with Crippen molar-refractivity contribution in [1.82, 2.24) is 15.3 Å². The molecule has 0 spiro atoms. The largest absolute Gasteiger partial charge is 0.352 e. The van der Waals surface area contributed by atoms with Crippen molar-refractivity contribution >= 4 is 11.9 Å². The van der Waals surface area contributed by atoms with Crippen molar-refractivity contribution in [1.29, 1.82) is 0 Å². The highest BCUT2D eigenvalue weighted by Crippen LogP contribution is 2.44. The van der Waals surface area contributed by atoms with Gasteiger partial charge in [-0.3, -0.25) is 4.79 Å². The third-order valence-corrected chi connectivity index (χ3v) is 8.53. The Balaban J connectivity index is 1.39. The molecule has 2 N–H and O–H groups in total. The first-order valence-corrected chi connectivity index (χ1v) is 14.2. The fraction of sp³-hybridized carbons (Fsp3) is 0.469. The quantitative estimate of drug-likeness (QED) is 0.336. The van der Waals surface area contributed by atoms with E-state index in [-0.39, 0.29) is 17.1 Å². The minimum Gasteiger partial charge on any atom is -0.352 e. The van der Waals surface area contributed by atoms with Gasteiger partial charge < -0.3 is 10.6 Å². The second kappa shape index (κ2) is 12.1. The van der Waals surface area contributed by atoms with Crippen molar-refractivity contribution in [2.45, 2.75) is 82.6 Å². The van der Waals surface area contributed by atoms with Crippen LogP contribution in [0.2, 0.25) is 0 Å². The SMILES string of the molecule is CC1CCC(Nc2ncc(C(=O)NCCc3ccccc3)c(CC3(c4ccc(F)cc4)CCCC3)n2)CC1. The summed E-state index contributed by atoms with van der Waals surface area (Å²) < 4.78 is 13.8. The predicted molar refractivity (Wildman–Crippen MR) is 150 cm³/mol. The number of amides is 1. The Morgan fingerprint density at radius 3 is 2.42 bits per heavy atom. The topological polar surface area (TPSA) is 66.9 Å². The molecule has 0 aliphatic heterocycles.